The van der Waals surface area contributed by atoms with Gasteiger partial charge in [0.05, 0.1) is 5.52 Å². The summed E-state index contributed by atoms with van der Waals surface area (Å²) in [6, 6.07) is 18.1. The monoisotopic (exact) mass is 215 g/mol. The van der Waals surface area contributed by atoms with E-state index in [1.807, 2.05) is 36.5 Å². The Hall–Kier alpha value is -2.09. The molecule has 1 heterocycles. The first kappa shape index (κ1) is 10.1. The third kappa shape index (κ3) is 1.82. The molecule has 0 spiro atoms. The van der Waals surface area contributed by atoms with Gasteiger partial charge in [0.15, 0.2) is 0 Å². The molecule has 0 aliphatic heterocycles. The van der Waals surface area contributed by atoms with Gasteiger partial charge in [-0.25, -0.2) is 0 Å². The van der Waals surface area contributed by atoms with Crippen LogP contribution in [0.15, 0.2) is 60.8 Å². The molecular weight excluding hydrogens is 205 g/mol. The molecule has 2 radical (unpaired) electrons. The Balaban J connectivity index is 2.27. The topological polar surface area (TPSA) is 12.9 Å². The van der Waals surface area contributed by atoms with Gasteiger partial charge >= 0.3 is 0 Å². The quantitative estimate of drug-likeness (QED) is 0.568. The number of rotatable bonds is 1. The second-order valence-corrected chi connectivity index (χ2v) is 4.00. The van der Waals surface area contributed by atoms with Crippen LogP contribution in [0.4, 0.5) is 0 Å². The molecule has 3 aromatic rings. The van der Waals surface area contributed by atoms with Gasteiger partial charge in [-0.05, 0) is 11.6 Å². The Morgan fingerprint density at radius 1 is 0.824 bits per heavy atom. The average molecular weight is 215 g/mol. The third-order valence-corrected chi connectivity index (χ3v) is 2.85. The summed E-state index contributed by atoms with van der Waals surface area (Å²) in [7, 11) is 5.70. The largest absolute Gasteiger partial charge is 0.256 e. The van der Waals surface area contributed by atoms with Crippen molar-refractivity contribution in [2.24, 2.45) is 0 Å². The molecule has 17 heavy (non-hydrogen) atoms. The van der Waals surface area contributed by atoms with Crippen molar-refractivity contribution in [2.75, 3.05) is 0 Å². The number of fused-ring (bicyclic) bond motifs is 1. The highest BCUT2D eigenvalue weighted by atomic mass is 14.6. The first-order valence-electron chi connectivity index (χ1n) is 5.54. The van der Waals surface area contributed by atoms with E-state index < -0.39 is 0 Å². The summed E-state index contributed by atoms with van der Waals surface area (Å²) >= 11 is 0. The van der Waals surface area contributed by atoms with Crippen molar-refractivity contribution >= 4 is 24.2 Å². The minimum Gasteiger partial charge on any atom is -0.256 e. The summed E-state index contributed by atoms with van der Waals surface area (Å²) in [6.45, 7) is 0. The maximum Gasteiger partial charge on any atom is 0.113 e. The van der Waals surface area contributed by atoms with E-state index in [0.29, 0.717) is 0 Å². The molecule has 0 aliphatic rings. The Bertz CT molecular complexity index is 654. The fourth-order valence-electron chi connectivity index (χ4n) is 2.00. The Morgan fingerprint density at radius 2 is 1.59 bits per heavy atom. The molecule has 2 aromatic carbocycles. The van der Waals surface area contributed by atoms with Crippen LogP contribution in [0.5, 0.6) is 0 Å². The maximum atomic E-state index is 5.70. The minimum atomic E-state index is 0.780. The fraction of sp³-hybridized carbons (Fsp3) is 0. The summed E-state index contributed by atoms with van der Waals surface area (Å²) in [4.78, 5) is 4.45. The summed E-state index contributed by atoms with van der Waals surface area (Å²) < 4.78 is 0. The van der Waals surface area contributed by atoms with Gasteiger partial charge in [-0.3, -0.25) is 4.98 Å². The van der Waals surface area contributed by atoms with Gasteiger partial charge in [-0.2, -0.15) is 0 Å². The molecule has 0 fully saturated rings. The highest BCUT2D eigenvalue weighted by Crippen LogP contribution is 2.26. The molecule has 0 saturated heterocycles. The first-order valence-corrected chi connectivity index (χ1v) is 5.54. The van der Waals surface area contributed by atoms with Gasteiger partial charge in [0.25, 0.3) is 0 Å². The van der Waals surface area contributed by atoms with E-state index in [1.165, 1.54) is 0 Å². The highest BCUT2D eigenvalue weighted by Gasteiger charge is 2.03. The van der Waals surface area contributed by atoms with Gasteiger partial charge in [-0.15, -0.1) is 0 Å². The van der Waals surface area contributed by atoms with Crippen molar-refractivity contribution in [2.45, 2.75) is 0 Å². The van der Waals surface area contributed by atoms with Crippen LogP contribution in [-0.2, 0) is 0 Å². The van der Waals surface area contributed by atoms with Gasteiger partial charge in [-0.1, -0.05) is 54.0 Å². The van der Waals surface area contributed by atoms with Crippen molar-refractivity contribution in [3.05, 3.63) is 60.8 Å². The van der Waals surface area contributed by atoms with Crippen LogP contribution >= 0.6 is 0 Å². The van der Waals surface area contributed by atoms with Crippen LogP contribution < -0.4 is 5.46 Å². The van der Waals surface area contributed by atoms with E-state index in [4.69, 9.17) is 7.85 Å². The number of pyridine rings is 1. The van der Waals surface area contributed by atoms with Crippen LogP contribution in [-0.4, -0.2) is 12.8 Å². The van der Waals surface area contributed by atoms with Crippen LogP contribution in [0, 0.1) is 0 Å². The molecule has 1 aromatic heterocycles. The van der Waals surface area contributed by atoms with Gasteiger partial charge < -0.3 is 0 Å². The Labute approximate surface area is 102 Å². The number of aromatic nitrogens is 1. The van der Waals surface area contributed by atoms with Crippen LogP contribution in [0.25, 0.3) is 22.0 Å². The lowest BCUT2D eigenvalue weighted by molar-refractivity contribution is 1.41. The van der Waals surface area contributed by atoms with E-state index in [0.717, 1.165) is 27.5 Å². The van der Waals surface area contributed by atoms with E-state index >= 15 is 0 Å². The molecule has 1 nitrogen and oxygen atoms in total. The van der Waals surface area contributed by atoms with Crippen LogP contribution in [0.1, 0.15) is 0 Å². The summed E-state index contributed by atoms with van der Waals surface area (Å²) in [5.41, 5.74) is 4.09. The standard InChI is InChI=1S/C15H10BN/c16-13-8-6-11(7-9-13)14-5-1-3-12-4-2-10-17-15(12)14/h1-10H. The molecule has 0 unspecified atom stereocenters. The SMILES string of the molecule is [B]c1ccc(-c2cccc3cccnc23)cc1. The molecule has 0 saturated carbocycles. The lowest BCUT2D eigenvalue weighted by Crippen LogP contribution is -1.99. The zero-order valence-corrected chi connectivity index (χ0v) is 9.30. The highest BCUT2D eigenvalue weighted by molar-refractivity contribution is 6.32. The third-order valence-electron chi connectivity index (χ3n) is 2.85. The van der Waals surface area contributed by atoms with Crippen molar-refractivity contribution in [1.82, 2.24) is 4.98 Å². The average Bonchev–Trinajstić information content (AvgIpc) is 2.39. The lowest BCUT2D eigenvalue weighted by Gasteiger charge is -2.06. The van der Waals surface area contributed by atoms with Gasteiger partial charge in [0, 0.05) is 17.1 Å². The maximum absolute atomic E-state index is 5.70. The van der Waals surface area contributed by atoms with E-state index in [-0.39, 0.29) is 0 Å². The molecule has 0 bridgehead atoms. The van der Waals surface area contributed by atoms with Crippen molar-refractivity contribution in [1.29, 1.82) is 0 Å². The number of para-hydroxylation sites is 1. The van der Waals surface area contributed by atoms with Crippen LogP contribution in [0.3, 0.4) is 0 Å². The van der Waals surface area contributed by atoms with Gasteiger partial charge in [0.2, 0.25) is 0 Å². The predicted octanol–water partition coefficient (Wildman–Crippen LogP) is 2.70. The van der Waals surface area contributed by atoms with Crippen molar-refractivity contribution < 1.29 is 0 Å². The molecule has 3 rings (SSSR count). The number of hydrogen-bond donors (Lipinski definition) is 0. The second kappa shape index (κ2) is 4.06. The van der Waals surface area contributed by atoms with Crippen LogP contribution in [0.2, 0.25) is 0 Å². The summed E-state index contributed by atoms with van der Waals surface area (Å²) in [5, 5.41) is 1.15. The predicted molar refractivity (Wildman–Crippen MR) is 72.6 cm³/mol. The number of benzene rings is 2. The van der Waals surface area contributed by atoms with Gasteiger partial charge in [0.1, 0.15) is 7.85 Å². The Morgan fingerprint density at radius 3 is 2.41 bits per heavy atom. The molecule has 0 N–H and O–H groups in total. The molecule has 2 heteroatoms. The van der Waals surface area contributed by atoms with E-state index in [9.17, 15) is 0 Å². The molecule has 0 aliphatic carbocycles. The summed E-state index contributed by atoms with van der Waals surface area (Å²) in [5.74, 6) is 0. The smallest absolute Gasteiger partial charge is 0.113 e. The van der Waals surface area contributed by atoms with Crippen molar-refractivity contribution in [3.8, 4) is 11.1 Å². The Kier molecular flexibility index (Phi) is 2.41. The minimum absolute atomic E-state index is 0.780. The zero-order valence-electron chi connectivity index (χ0n) is 9.30. The summed E-state index contributed by atoms with van der Waals surface area (Å²) in [6.07, 6.45) is 1.82. The molecule has 0 amide bonds. The fourth-order valence-corrected chi connectivity index (χ4v) is 2.00. The first-order chi connectivity index (χ1) is 8.34. The van der Waals surface area contributed by atoms with E-state index in [1.54, 1.807) is 0 Å². The number of hydrogen-bond acceptors (Lipinski definition) is 1. The number of nitrogens with zero attached hydrogens (tertiary/aromatic N) is 1. The zero-order chi connectivity index (χ0) is 11.7. The lowest BCUT2D eigenvalue weighted by atomic mass is 9.93. The second-order valence-electron chi connectivity index (χ2n) is 4.00. The van der Waals surface area contributed by atoms with E-state index in [2.05, 4.69) is 29.2 Å². The molecule has 0 atom stereocenters. The molecular formula is C15H10BN. The normalized spacial score (nSPS) is 10.6. The molecule has 78 valence electrons. The van der Waals surface area contributed by atoms with Crippen molar-refractivity contribution in [3.63, 3.8) is 0 Å².